The third kappa shape index (κ3) is 12.0. The summed E-state index contributed by atoms with van der Waals surface area (Å²) in [5.74, 6) is -6.37. The van der Waals surface area contributed by atoms with Gasteiger partial charge in [-0.05, 0) is 30.7 Å². The highest BCUT2D eigenvalue weighted by Crippen LogP contribution is 2.12. The summed E-state index contributed by atoms with van der Waals surface area (Å²) in [6.07, 6.45) is 0.273. The normalized spacial score (nSPS) is 13.1. The van der Waals surface area contributed by atoms with E-state index in [4.69, 9.17) is 16.6 Å². The van der Waals surface area contributed by atoms with Crippen molar-refractivity contribution < 1.29 is 43.8 Å². The smallest absolute Gasteiger partial charge is 0.326 e. The van der Waals surface area contributed by atoms with E-state index >= 15 is 0 Å². The number of aromatic amines is 1. The third-order valence-corrected chi connectivity index (χ3v) is 7.32. The second-order valence-corrected chi connectivity index (χ2v) is 11.2. The fraction of sp³-hybridized carbons (Fsp3) is 0.345. The number of rotatable bonds is 19. The van der Waals surface area contributed by atoms with E-state index in [2.05, 4.69) is 59.1 Å². The molecule has 3 rings (SSSR count). The molecule has 4 amide bonds. The predicted molar refractivity (Wildman–Crippen MR) is 181 cm³/mol. The molecule has 0 spiro atoms. The van der Waals surface area contributed by atoms with Gasteiger partial charge in [-0.15, -0.1) is 0 Å². The highest BCUT2D eigenvalue weighted by atomic mass is 32.1. The van der Waals surface area contributed by atoms with E-state index in [0.29, 0.717) is 17.7 Å². The van der Waals surface area contributed by atoms with E-state index in [1.165, 1.54) is 18.3 Å². The van der Waals surface area contributed by atoms with Crippen LogP contribution >= 0.6 is 12.6 Å². The zero-order chi connectivity index (χ0) is 37.7. The van der Waals surface area contributed by atoms with Crippen molar-refractivity contribution in [2.75, 3.05) is 23.3 Å². The number of amides is 4. The minimum Gasteiger partial charge on any atom is -0.481 e. The average molecular weight is 730 g/mol. The Bertz CT molecular complexity index is 1840. The molecule has 0 saturated heterocycles. The van der Waals surface area contributed by atoms with Crippen molar-refractivity contribution in [1.82, 2.24) is 41.2 Å². The van der Waals surface area contributed by atoms with E-state index in [1.54, 1.807) is 12.1 Å². The zero-order valence-electron chi connectivity index (χ0n) is 26.6. The van der Waals surface area contributed by atoms with Crippen LogP contribution in [0, 0.1) is 0 Å². The molecule has 4 atom stereocenters. The zero-order valence-corrected chi connectivity index (χ0v) is 27.5. The van der Waals surface area contributed by atoms with Gasteiger partial charge in [-0.25, -0.2) is 14.8 Å². The van der Waals surface area contributed by atoms with E-state index in [0.717, 1.165) is 0 Å². The molecule has 2 aromatic heterocycles. The van der Waals surface area contributed by atoms with E-state index in [1.807, 2.05) is 0 Å². The van der Waals surface area contributed by atoms with Crippen molar-refractivity contribution in [3.8, 4) is 0 Å². The maximum atomic E-state index is 12.8. The Morgan fingerprint density at radius 3 is 2.31 bits per heavy atom. The van der Waals surface area contributed by atoms with Gasteiger partial charge in [0.1, 0.15) is 24.4 Å². The van der Waals surface area contributed by atoms with E-state index in [9.17, 15) is 43.5 Å². The van der Waals surface area contributed by atoms with Gasteiger partial charge in [-0.1, -0.05) is 0 Å². The fourth-order valence-electron chi connectivity index (χ4n) is 4.24. The van der Waals surface area contributed by atoms with Crippen LogP contribution in [0.15, 0.2) is 35.3 Å². The molecule has 22 heteroatoms. The lowest BCUT2D eigenvalue weighted by atomic mass is 10.1. The predicted octanol–water partition coefficient (Wildman–Crippen LogP) is -3.11. The van der Waals surface area contributed by atoms with Gasteiger partial charge >= 0.3 is 11.9 Å². The number of fused-ring (bicyclic) bond motifs is 1. The van der Waals surface area contributed by atoms with Gasteiger partial charge in [0.25, 0.3) is 11.5 Å². The van der Waals surface area contributed by atoms with E-state index in [-0.39, 0.29) is 47.8 Å². The number of nitrogens with one attached hydrogen (secondary N) is 6. The Labute approximate surface area is 293 Å². The van der Waals surface area contributed by atoms with Crippen LogP contribution in [-0.2, 0) is 35.3 Å². The van der Waals surface area contributed by atoms with Crippen LogP contribution < -0.4 is 43.6 Å². The summed E-state index contributed by atoms with van der Waals surface area (Å²) in [6, 6.07) is 0.491. The highest BCUT2D eigenvalue weighted by Gasteiger charge is 2.28. The second-order valence-electron chi connectivity index (χ2n) is 10.8. The fourth-order valence-corrected chi connectivity index (χ4v) is 4.41. The number of aliphatic carboxylic acids is 2. The first-order chi connectivity index (χ1) is 24.2. The number of carbonyl (C=O) groups is 7. The van der Waals surface area contributed by atoms with Gasteiger partial charge in [-0.3, -0.25) is 33.8 Å². The topological polar surface area (TPSA) is 344 Å². The summed E-state index contributed by atoms with van der Waals surface area (Å²) in [6.45, 7) is -0.290. The van der Waals surface area contributed by atoms with Crippen LogP contribution in [0.2, 0.25) is 0 Å². The Morgan fingerprint density at radius 2 is 1.69 bits per heavy atom. The first-order valence-corrected chi connectivity index (χ1v) is 15.6. The number of aromatic nitrogens is 4. The van der Waals surface area contributed by atoms with Gasteiger partial charge < -0.3 is 53.1 Å². The summed E-state index contributed by atoms with van der Waals surface area (Å²) in [5.41, 5.74) is 11.9. The molecule has 0 unspecified atom stereocenters. The number of aldehydes is 1. The highest BCUT2D eigenvalue weighted by molar-refractivity contribution is 7.80. The van der Waals surface area contributed by atoms with Gasteiger partial charge in [0.15, 0.2) is 11.2 Å². The molecule has 0 fully saturated rings. The van der Waals surface area contributed by atoms with Crippen LogP contribution in [0.1, 0.15) is 35.3 Å². The molecule has 0 radical (unpaired) electrons. The molecule has 0 saturated carbocycles. The number of thiol groups is 1. The van der Waals surface area contributed by atoms with Crippen LogP contribution in [0.5, 0.6) is 0 Å². The van der Waals surface area contributed by atoms with Gasteiger partial charge in [-0.2, -0.15) is 17.6 Å². The lowest BCUT2D eigenvalue weighted by molar-refractivity contribution is -0.141. The lowest BCUT2D eigenvalue weighted by Gasteiger charge is -2.21. The number of nitrogens with two attached hydrogens (primary N) is 2. The number of carboxylic acid groups (broad SMARTS) is 2. The minimum absolute atomic E-state index is 0.0130. The molecule has 1 aromatic carbocycles. The molecular formula is C29H35N11O10S. The quantitative estimate of drug-likeness (QED) is 0.0429. The van der Waals surface area contributed by atoms with Crippen molar-refractivity contribution in [2.45, 2.75) is 50.0 Å². The Balaban J connectivity index is 1.47. The summed E-state index contributed by atoms with van der Waals surface area (Å²) < 4.78 is 0. The number of hydrogen-bond acceptors (Lipinski definition) is 15. The minimum atomic E-state index is -1.58. The Kier molecular flexibility index (Phi) is 14.3. The monoisotopic (exact) mass is 729 g/mol. The number of carbonyl (C=O) groups excluding carboxylic acids is 5. The first kappa shape index (κ1) is 39.3. The van der Waals surface area contributed by atoms with Crippen molar-refractivity contribution in [3.05, 3.63) is 52.1 Å². The molecule has 21 nitrogen and oxygen atoms in total. The molecule has 3 aromatic rings. The molecular weight excluding hydrogens is 694 g/mol. The number of anilines is 2. The van der Waals surface area contributed by atoms with Crippen LogP contribution in [0.4, 0.5) is 11.6 Å². The standard InChI is InChI=1S/C29H35N11O10S/c30-17(25(46)38-19(7-21(43)44)26(47)36-16(11-41)12-51)10-33-20(42)6-5-18(28(49)50)37-24(45)13-1-3-14(4-2-13)32-8-15-9-34-23-22(35-15)27(48)40-29(31)39-23/h1-4,9,11,16-19,32,51H,5-8,10,12,30H2,(H,33,42)(H,36,47)(H,37,45)(H,38,46)(H,43,44)(H,49,50)(H3,31,34,39,40,48)/t16-,17+,18-,19+/m1/s1. The Hall–Kier alpha value is -6.16. The SMILES string of the molecule is Nc1nc2ncc(CNc3ccc(C(=O)N[C@H](CCC(=O)NC[C@H](N)C(=O)N[C@@H](CC(=O)O)C(=O)N[C@H](C=O)CS)C(=O)O)cc3)nc2c(=O)[nH]1. The lowest BCUT2D eigenvalue weighted by Crippen LogP contribution is -2.56. The number of hydrogen-bond donors (Lipinski definition) is 11. The van der Waals surface area contributed by atoms with Crippen LogP contribution in [0.3, 0.4) is 0 Å². The largest absolute Gasteiger partial charge is 0.481 e. The molecule has 0 bridgehead atoms. The van der Waals surface area contributed by atoms with Gasteiger partial charge in [0.2, 0.25) is 23.7 Å². The number of benzene rings is 1. The molecule has 0 aliphatic heterocycles. The average Bonchev–Trinajstić information content (AvgIpc) is 3.09. The van der Waals surface area contributed by atoms with Gasteiger partial charge in [0, 0.05) is 30.0 Å². The molecule has 272 valence electrons. The van der Waals surface area contributed by atoms with Gasteiger partial charge in [0.05, 0.1) is 30.9 Å². The molecule has 0 aliphatic rings. The van der Waals surface area contributed by atoms with Crippen LogP contribution in [0.25, 0.3) is 11.2 Å². The van der Waals surface area contributed by atoms with Crippen molar-refractivity contribution in [3.63, 3.8) is 0 Å². The Morgan fingerprint density at radius 1 is 0.980 bits per heavy atom. The van der Waals surface area contributed by atoms with E-state index < -0.39 is 78.3 Å². The number of nitrogen functional groups attached to an aromatic ring is 1. The van der Waals surface area contributed by atoms with Crippen LogP contribution in [-0.4, -0.2) is 108 Å². The molecule has 12 N–H and O–H groups in total. The number of carboxylic acids is 2. The maximum Gasteiger partial charge on any atom is 0.326 e. The van der Waals surface area contributed by atoms with Crippen molar-refractivity contribution >= 4 is 77.3 Å². The third-order valence-electron chi connectivity index (χ3n) is 6.93. The van der Waals surface area contributed by atoms with Crippen molar-refractivity contribution in [1.29, 1.82) is 0 Å². The summed E-state index contributed by atoms with van der Waals surface area (Å²) >= 11 is 3.88. The number of nitrogens with zero attached hydrogens (tertiary/aromatic N) is 3. The maximum absolute atomic E-state index is 12.8. The molecule has 0 aliphatic carbocycles. The molecule has 51 heavy (non-hydrogen) atoms. The summed E-state index contributed by atoms with van der Waals surface area (Å²) in [5, 5.41) is 30.8. The molecule has 2 heterocycles. The second kappa shape index (κ2) is 18.6. The summed E-state index contributed by atoms with van der Waals surface area (Å²) in [7, 11) is 0. The first-order valence-electron chi connectivity index (χ1n) is 15.0. The number of H-pyrrole nitrogens is 1. The summed E-state index contributed by atoms with van der Waals surface area (Å²) in [4.78, 5) is 110. The van der Waals surface area contributed by atoms with Crippen molar-refractivity contribution in [2.24, 2.45) is 5.73 Å².